The second kappa shape index (κ2) is 17.2. The fraction of sp³-hybridized carbons (Fsp3) is 0.425. The van der Waals surface area contributed by atoms with E-state index in [1.165, 1.54) is 7.11 Å². The molecule has 0 bridgehead atoms. The van der Waals surface area contributed by atoms with Crippen molar-refractivity contribution in [3.63, 3.8) is 0 Å². The zero-order valence-electron chi connectivity index (χ0n) is 34.0. The number of nitrogens with one attached hydrogen (secondary N) is 3. The van der Waals surface area contributed by atoms with Crippen molar-refractivity contribution in [3.8, 4) is 5.88 Å². The number of ether oxygens (including phenoxy) is 2. The molecule has 1 amide bonds. The molecule has 2 aliphatic rings. The molecule has 314 valence electrons. The number of aromatic nitrogens is 10. The number of esters is 1. The van der Waals surface area contributed by atoms with Gasteiger partial charge in [0.1, 0.15) is 30.1 Å². The van der Waals surface area contributed by atoms with Gasteiger partial charge in [0.15, 0.2) is 22.6 Å². The average Bonchev–Trinajstić information content (AvgIpc) is 4.04. The Bertz CT molecular complexity index is 2520. The third-order valence-corrected chi connectivity index (χ3v) is 10.8. The summed E-state index contributed by atoms with van der Waals surface area (Å²) in [6.45, 7) is 6.88. The van der Waals surface area contributed by atoms with Crippen LogP contribution in [0, 0.1) is 0 Å². The molecule has 3 atom stereocenters. The third kappa shape index (κ3) is 8.34. The van der Waals surface area contributed by atoms with Crippen LogP contribution in [0.15, 0.2) is 61.5 Å². The normalized spacial score (nSPS) is 17.9. The molecule has 8 heterocycles. The second-order valence-electron chi connectivity index (χ2n) is 15.0. The lowest BCUT2D eigenvalue weighted by molar-refractivity contribution is -0.143. The zero-order chi connectivity index (χ0) is 41.9. The fourth-order valence-corrected chi connectivity index (χ4v) is 7.60. The van der Waals surface area contributed by atoms with Crippen molar-refractivity contribution in [2.45, 2.75) is 63.8 Å². The standard InChI is InChI=1S/C40H48FN15O4/c1-6-26-18-45-56-31(43-17-25-10-9-12-42-16-25)15-32(48-36(26)56)55-13-8-7-11-27(55)14-33(57)60-22-24(2)38(58)47-29-21-54(19-28(29)41)40-49-35(34-37(50-40)52(3)23-44-34)46-30-20-53(4)51-39(30)59-5/h9-10,12,15-16,18,20,23,27-29,43H,2,6-8,11,13-14,17,19,21-22H2,1,3-5H3,(H,47,58)(H,46,49,50)/t27-,28+,29+/m0/s1. The molecular formula is C40H48FN15O4. The average molecular weight is 822 g/mol. The molecular weight excluding hydrogens is 774 g/mol. The van der Waals surface area contributed by atoms with Gasteiger partial charge in [-0.05, 0) is 37.3 Å². The number of halogens is 1. The van der Waals surface area contributed by atoms with Crippen LogP contribution in [0.25, 0.3) is 16.8 Å². The smallest absolute Gasteiger partial charge is 0.308 e. The molecule has 0 aliphatic carbocycles. The van der Waals surface area contributed by atoms with Gasteiger partial charge in [0.25, 0.3) is 5.88 Å². The number of fused-ring (bicyclic) bond motifs is 2. The van der Waals surface area contributed by atoms with Crippen LogP contribution in [-0.2, 0) is 41.4 Å². The topological polar surface area (TPSA) is 200 Å². The molecule has 19 nitrogen and oxygen atoms in total. The maximum absolute atomic E-state index is 15.5. The van der Waals surface area contributed by atoms with Crippen molar-refractivity contribution in [2.75, 3.05) is 53.8 Å². The van der Waals surface area contributed by atoms with E-state index in [9.17, 15) is 9.59 Å². The highest BCUT2D eigenvalue weighted by molar-refractivity contribution is 5.93. The number of carbonyl (C=O) groups excluding carboxylic acids is 2. The minimum absolute atomic E-state index is 0.00300. The largest absolute Gasteiger partial charge is 0.478 e. The number of imidazole rings is 1. The monoisotopic (exact) mass is 821 g/mol. The van der Waals surface area contributed by atoms with Crippen LogP contribution in [-0.4, -0.2) is 112 Å². The van der Waals surface area contributed by atoms with E-state index in [1.807, 2.05) is 35.1 Å². The number of rotatable bonds is 15. The molecule has 0 spiro atoms. The van der Waals surface area contributed by atoms with Crippen LogP contribution in [0.3, 0.4) is 0 Å². The lowest BCUT2D eigenvalue weighted by Crippen LogP contribution is -2.43. The fourth-order valence-electron chi connectivity index (χ4n) is 7.60. The molecule has 8 rings (SSSR count). The highest BCUT2D eigenvalue weighted by Gasteiger charge is 2.36. The zero-order valence-corrected chi connectivity index (χ0v) is 34.0. The first-order valence-electron chi connectivity index (χ1n) is 19.9. The quantitative estimate of drug-likeness (QED) is 0.100. The van der Waals surface area contributed by atoms with Crippen molar-refractivity contribution in [2.24, 2.45) is 14.1 Å². The molecule has 0 saturated carbocycles. The van der Waals surface area contributed by atoms with Crippen molar-refractivity contribution < 1.29 is 23.5 Å². The lowest BCUT2D eigenvalue weighted by Gasteiger charge is -2.36. The number of nitrogens with zero attached hydrogens (tertiary/aromatic N) is 12. The molecule has 0 aromatic carbocycles. The van der Waals surface area contributed by atoms with Gasteiger partial charge in [-0.1, -0.05) is 19.6 Å². The summed E-state index contributed by atoms with van der Waals surface area (Å²) in [5.74, 6) is 1.44. The Morgan fingerprint density at radius 3 is 2.77 bits per heavy atom. The van der Waals surface area contributed by atoms with Gasteiger partial charge in [-0.15, -0.1) is 5.10 Å². The molecule has 3 N–H and O–H groups in total. The molecule has 2 saturated heterocycles. The van der Waals surface area contributed by atoms with Crippen LogP contribution in [0.5, 0.6) is 5.88 Å². The number of hydrogen-bond acceptors (Lipinski definition) is 15. The van der Waals surface area contributed by atoms with E-state index < -0.39 is 24.1 Å². The summed E-state index contributed by atoms with van der Waals surface area (Å²) in [6, 6.07) is 4.80. The number of alkyl halides is 1. The number of carbonyl (C=O) groups is 2. The van der Waals surface area contributed by atoms with E-state index in [2.05, 4.69) is 64.5 Å². The first kappa shape index (κ1) is 39.9. The van der Waals surface area contributed by atoms with E-state index in [1.54, 1.807) is 47.0 Å². The minimum Gasteiger partial charge on any atom is -0.478 e. The molecule has 2 fully saturated rings. The number of pyridine rings is 1. The highest BCUT2D eigenvalue weighted by atomic mass is 19.1. The van der Waals surface area contributed by atoms with E-state index in [0.717, 1.165) is 54.1 Å². The van der Waals surface area contributed by atoms with Crippen LogP contribution < -0.4 is 30.5 Å². The van der Waals surface area contributed by atoms with Gasteiger partial charge < -0.3 is 39.8 Å². The number of methoxy groups -OCH3 is 1. The van der Waals surface area contributed by atoms with Gasteiger partial charge in [0.05, 0.1) is 44.8 Å². The maximum Gasteiger partial charge on any atom is 0.308 e. The number of aryl methyl sites for hydroxylation is 3. The Kier molecular flexibility index (Phi) is 11.4. The summed E-state index contributed by atoms with van der Waals surface area (Å²) in [5, 5.41) is 18.3. The van der Waals surface area contributed by atoms with Crippen LogP contribution in [0.2, 0.25) is 0 Å². The van der Waals surface area contributed by atoms with Crippen LogP contribution in [0.1, 0.15) is 43.7 Å². The Balaban J connectivity index is 0.886. The summed E-state index contributed by atoms with van der Waals surface area (Å²) in [4.78, 5) is 53.4. The van der Waals surface area contributed by atoms with Crippen molar-refractivity contribution in [3.05, 3.63) is 72.6 Å². The van der Waals surface area contributed by atoms with E-state index in [4.69, 9.17) is 14.5 Å². The van der Waals surface area contributed by atoms with E-state index in [-0.39, 0.29) is 43.7 Å². The van der Waals surface area contributed by atoms with Gasteiger partial charge in [-0.3, -0.25) is 19.3 Å². The minimum atomic E-state index is -1.43. The predicted molar refractivity (Wildman–Crippen MR) is 222 cm³/mol. The van der Waals surface area contributed by atoms with Crippen molar-refractivity contribution >= 4 is 57.8 Å². The lowest BCUT2D eigenvalue weighted by atomic mass is 9.99. The van der Waals surface area contributed by atoms with Crippen LogP contribution >= 0.6 is 0 Å². The molecule has 60 heavy (non-hydrogen) atoms. The van der Waals surface area contributed by atoms with E-state index in [0.29, 0.717) is 41.6 Å². The summed E-state index contributed by atoms with van der Waals surface area (Å²) >= 11 is 0. The molecule has 6 aromatic rings. The first-order valence-corrected chi connectivity index (χ1v) is 19.9. The van der Waals surface area contributed by atoms with Gasteiger partial charge in [0, 0.05) is 69.4 Å². The summed E-state index contributed by atoms with van der Waals surface area (Å²) in [7, 11) is 5.09. The predicted octanol–water partition coefficient (Wildman–Crippen LogP) is 3.65. The van der Waals surface area contributed by atoms with E-state index >= 15 is 4.39 Å². The number of anilines is 5. The first-order chi connectivity index (χ1) is 29.1. The summed E-state index contributed by atoms with van der Waals surface area (Å²) < 4.78 is 31.7. The van der Waals surface area contributed by atoms with Gasteiger partial charge in [-0.2, -0.15) is 19.6 Å². The SMILES string of the molecule is C=C(COC(=O)C[C@@H]1CCCCN1c1cc(NCc2cccnc2)n2ncc(CC)c2n1)C(=O)N[C@@H]1CN(c2nc(Nc3cn(C)nc3OC)c3ncn(C)c3n2)C[C@H]1F. The molecule has 0 radical (unpaired) electrons. The summed E-state index contributed by atoms with van der Waals surface area (Å²) in [6.07, 6.45) is 10.8. The van der Waals surface area contributed by atoms with Crippen molar-refractivity contribution in [1.29, 1.82) is 0 Å². The van der Waals surface area contributed by atoms with Crippen LogP contribution in [0.4, 0.5) is 33.5 Å². The molecule has 0 unspecified atom stereocenters. The Morgan fingerprint density at radius 2 is 1.97 bits per heavy atom. The molecule has 20 heteroatoms. The Morgan fingerprint density at radius 1 is 1.10 bits per heavy atom. The van der Waals surface area contributed by atoms with Gasteiger partial charge in [0.2, 0.25) is 11.9 Å². The molecule has 6 aromatic heterocycles. The number of piperidine rings is 1. The number of hydrogen-bond donors (Lipinski definition) is 3. The Labute approximate surface area is 345 Å². The summed E-state index contributed by atoms with van der Waals surface area (Å²) in [5.41, 5.74) is 4.39. The molecule has 2 aliphatic heterocycles. The second-order valence-corrected chi connectivity index (χ2v) is 15.0. The van der Waals surface area contributed by atoms with Gasteiger partial charge >= 0.3 is 5.97 Å². The number of amides is 1. The Hall–Kier alpha value is -6.86. The highest BCUT2D eigenvalue weighted by Crippen LogP contribution is 2.32. The van der Waals surface area contributed by atoms with Crippen molar-refractivity contribution in [1.82, 2.24) is 54.2 Å². The third-order valence-electron chi connectivity index (χ3n) is 10.8. The van der Waals surface area contributed by atoms with Gasteiger partial charge in [-0.25, -0.2) is 14.4 Å². The maximum atomic E-state index is 15.5.